The Morgan fingerprint density at radius 3 is 2.59 bits per heavy atom. The van der Waals surface area contributed by atoms with Crippen molar-refractivity contribution in [3.8, 4) is 5.75 Å². The van der Waals surface area contributed by atoms with Gasteiger partial charge in [0.2, 0.25) is 5.91 Å². The first kappa shape index (κ1) is 23.8. The van der Waals surface area contributed by atoms with Crippen LogP contribution in [0.15, 0.2) is 42.5 Å². The number of para-hydroxylation sites is 2. The smallest absolute Gasteiger partial charge is 0.225 e. The number of ether oxygens (including phenoxy) is 1. The lowest BCUT2D eigenvalue weighted by atomic mass is 9.96. The third-order valence-corrected chi connectivity index (χ3v) is 5.68. The van der Waals surface area contributed by atoms with E-state index in [-0.39, 0.29) is 11.3 Å². The van der Waals surface area contributed by atoms with Gasteiger partial charge < -0.3 is 14.6 Å². The third-order valence-electron chi connectivity index (χ3n) is 5.68. The average molecular weight is 436 g/mol. The molecule has 0 spiro atoms. The molecule has 3 rings (SSSR count). The topological polar surface area (TPSA) is 56.1 Å². The molecule has 5 heteroatoms. The molecule has 0 aliphatic carbocycles. The largest absolute Gasteiger partial charge is 0.491 e. The van der Waals surface area contributed by atoms with E-state index >= 15 is 0 Å². The molecule has 0 atom stereocenters. The summed E-state index contributed by atoms with van der Waals surface area (Å²) < 4.78 is 8.38. The Morgan fingerprint density at radius 2 is 1.84 bits per heavy atom. The summed E-state index contributed by atoms with van der Waals surface area (Å²) in [4.78, 5) is 16.9. The lowest BCUT2D eigenvalue weighted by molar-refractivity contribution is -0.128. The molecule has 5 nitrogen and oxygen atoms in total. The summed E-state index contributed by atoms with van der Waals surface area (Å²) >= 11 is 0. The Bertz CT molecular complexity index is 1050. The average Bonchev–Trinajstić information content (AvgIpc) is 3.08. The quantitative estimate of drug-likeness (QED) is 0.421. The van der Waals surface area contributed by atoms with Crippen molar-refractivity contribution in [2.75, 3.05) is 13.2 Å². The molecule has 1 N–H and O–H groups in total. The zero-order valence-corrected chi connectivity index (χ0v) is 20.2. The number of carbonyl (C=O) groups excluding carboxylic acids is 1. The van der Waals surface area contributed by atoms with Gasteiger partial charge in [0.1, 0.15) is 18.2 Å². The number of fused-ring (bicyclic) bond motifs is 1. The fraction of sp³-hybridized carbons (Fsp3) is 0.481. The summed E-state index contributed by atoms with van der Waals surface area (Å²) in [5, 5.41) is 3.03. The van der Waals surface area contributed by atoms with Gasteiger partial charge in [0, 0.05) is 18.4 Å². The van der Waals surface area contributed by atoms with Crippen molar-refractivity contribution in [3.63, 3.8) is 0 Å². The fourth-order valence-electron chi connectivity index (χ4n) is 3.83. The molecule has 0 fully saturated rings. The predicted molar refractivity (Wildman–Crippen MR) is 131 cm³/mol. The van der Waals surface area contributed by atoms with Gasteiger partial charge in [0.25, 0.3) is 0 Å². The second-order valence-corrected chi connectivity index (χ2v) is 9.60. The number of unbranched alkanes of at least 4 members (excludes halogenated alkanes) is 2. The molecule has 0 aliphatic heterocycles. The number of hydrogen-bond donors (Lipinski definition) is 1. The zero-order valence-electron chi connectivity index (χ0n) is 20.2. The maximum absolute atomic E-state index is 12.0. The van der Waals surface area contributed by atoms with Crippen LogP contribution in [0.3, 0.4) is 0 Å². The first-order valence-corrected chi connectivity index (χ1v) is 11.7. The second kappa shape index (κ2) is 10.7. The molecule has 2 aromatic carbocycles. The number of aromatic nitrogens is 2. The zero-order chi connectivity index (χ0) is 23.1. The SMILES string of the molecule is Cc1ccc(OCCn2c(CCCCCNC(=O)C(C)(C)C)nc3ccccc32)c(C)c1. The summed E-state index contributed by atoms with van der Waals surface area (Å²) in [6.45, 7) is 12.1. The van der Waals surface area contributed by atoms with Crippen molar-refractivity contribution in [1.29, 1.82) is 0 Å². The third kappa shape index (κ3) is 6.35. The highest BCUT2D eigenvalue weighted by Gasteiger charge is 2.20. The lowest BCUT2D eigenvalue weighted by Crippen LogP contribution is -2.35. The van der Waals surface area contributed by atoms with Gasteiger partial charge in [0.15, 0.2) is 0 Å². The van der Waals surface area contributed by atoms with E-state index in [1.807, 2.05) is 26.8 Å². The summed E-state index contributed by atoms with van der Waals surface area (Å²) in [5.74, 6) is 2.16. The van der Waals surface area contributed by atoms with Crippen molar-refractivity contribution >= 4 is 16.9 Å². The van der Waals surface area contributed by atoms with Crippen molar-refractivity contribution < 1.29 is 9.53 Å². The van der Waals surface area contributed by atoms with Crippen LogP contribution in [0.1, 0.15) is 57.0 Å². The first-order valence-electron chi connectivity index (χ1n) is 11.7. The van der Waals surface area contributed by atoms with Gasteiger partial charge in [-0.2, -0.15) is 0 Å². The molecular weight excluding hydrogens is 398 g/mol. The number of benzene rings is 2. The molecule has 0 aliphatic rings. The standard InChI is InChI=1S/C27H37N3O2/c1-20-14-15-24(21(2)19-20)32-18-17-30-23-12-9-8-11-22(23)29-25(30)13-7-6-10-16-28-26(31)27(3,4)5/h8-9,11-12,14-15,19H,6-7,10,13,16-18H2,1-5H3,(H,28,31). The molecule has 32 heavy (non-hydrogen) atoms. The molecule has 0 unspecified atom stereocenters. The number of imidazole rings is 1. The number of rotatable bonds is 10. The van der Waals surface area contributed by atoms with E-state index in [1.54, 1.807) is 0 Å². The van der Waals surface area contributed by atoms with Crippen LogP contribution >= 0.6 is 0 Å². The number of hydrogen-bond acceptors (Lipinski definition) is 3. The van der Waals surface area contributed by atoms with Gasteiger partial charge in [-0.25, -0.2) is 4.98 Å². The number of amides is 1. The van der Waals surface area contributed by atoms with Gasteiger partial charge in [-0.1, -0.05) is 57.0 Å². The minimum atomic E-state index is -0.329. The predicted octanol–water partition coefficient (Wildman–Crippen LogP) is 5.61. The van der Waals surface area contributed by atoms with E-state index < -0.39 is 0 Å². The van der Waals surface area contributed by atoms with E-state index in [1.165, 1.54) is 11.1 Å². The molecule has 1 heterocycles. The van der Waals surface area contributed by atoms with Crippen LogP contribution in [-0.2, 0) is 17.8 Å². The van der Waals surface area contributed by atoms with Gasteiger partial charge in [-0.05, 0) is 50.5 Å². The Kier molecular flexibility index (Phi) is 7.94. The van der Waals surface area contributed by atoms with E-state index in [2.05, 4.69) is 60.1 Å². The van der Waals surface area contributed by atoms with E-state index in [4.69, 9.17) is 9.72 Å². The summed E-state index contributed by atoms with van der Waals surface area (Å²) in [5.41, 5.74) is 4.27. The molecule has 172 valence electrons. The lowest BCUT2D eigenvalue weighted by Gasteiger charge is -2.17. The van der Waals surface area contributed by atoms with Crippen molar-refractivity contribution in [1.82, 2.24) is 14.9 Å². The van der Waals surface area contributed by atoms with Crippen LogP contribution in [0.4, 0.5) is 0 Å². The van der Waals surface area contributed by atoms with E-state index in [9.17, 15) is 4.79 Å². The number of carbonyl (C=O) groups is 1. The molecule has 3 aromatic rings. The Hall–Kier alpha value is -2.82. The normalized spacial score (nSPS) is 11.7. The Morgan fingerprint density at radius 1 is 1.06 bits per heavy atom. The van der Waals surface area contributed by atoms with Crippen LogP contribution in [0, 0.1) is 19.3 Å². The molecule has 0 saturated carbocycles. The summed E-state index contributed by atoms with van der Waals surface area (Å²) in [7, 11) is 0. The van der Waals surface area contributed by atoms with E-state index in [0.29, 0.717) is 6.61 Å². The molecule has 0 saturated heterocycles. The molecule has 1 aromatic heterocycles. The maximum atomic E-state index is 12.0. The van der Waals surface area contributed by atoms with Crippen LogP contribution in [0.2, 0.25) is 0 Å². The van der Waals surface area contributed by atoms with Crippen molar-refractivity contribution in [2.24, 2.45) is 5.41 Å². The highest BCUT2D eigenvalue weighted by atomic mass is 16.5. The first-order chi connectivity index (χ1) is 15.3. The number of nitrogens with one attached hydrogen (secondary N) is 1. The monoisotopic (exact) mass is 435 g/mol. The van der Waals surface area contributed by atoms with Crippen LogP contribution < -0.4 is 10.1 Å². The van der Waals surface area contributed by atoms with Crippen LogP contribution in [-0.4, -0.2) is 28.6 Å². The minimum Gasteiger partial charge on any atom is -0.491 e. The highest BCUT2D eigenvalue weighted by Crippen LogP contribution is 2.21. The van der Waals surface area contributed by atoms with Gasteiger partial charge in [-0.3, -0.25) is 4.79 Å². The number of aryl methyl sites for hydroxylation is 3. The van der Waals surface area contributed by atoms with Crippen molar-refractivity contribution in [2.45, 2.75) is 66.8 Å². The van der Waals surface area contributed by atoms with Crippen LogP contribution in [0.25, 0.3) is 11.0 Å². The highest BCUT2D eigenvalue weighted by molar-refractivity contribution is 5.81. The molecule has 1 amide bonds. The van der Waals surface area contributed by atoms with Gasteiger partial charge in [0.05, 0.1) is 17.6 Å². The second-order valence-electron chi connectivity index (χ2n) is 9.60. The summed E-state index contributed by atoms with van der Waals surface area (Å²) in [6.07, 6.45) is 4.02. The van der Waals surface area contributed by atoms with Crippen LogP contribution in [0.5, 0.6) is 5.75 Å². The summed E-state index contributed by atoms with van der Waals surface area (Å²) in [6, 6.07) is 14.6. The molecule has 0 radical (unpaired) electrons. The number of nitrogens with zero attached hydrogens (tertiary/aromatic N) is 2. The minimum absolute atomic E-state index is 0.114. The maximum Gasteiger partial charge on any atom is 0.225 e. The Balaban J connectivity index is 1.55. The molecular formula is C27H37N3O2. The van der Waals surface area contributed by atoms with Gasteiger partial charge in [-0.15, -0.1) is 0 Å². The van der Waals surface area contributed by atoms with Gasteiger partial charge >= 0.3 is 0 Å². The fourth-order valence-corrected chi connectivity index (χ4v) is 3.83. The van der Waals surface area contributed by atoms with Crippen molar-refractivity contribution in [3.05, 3.63) is 59.4 Å². The Labute approximate surface area is 192 Å². The van der Waals surface area contributed by atoms with E-state index in [0.717, 1.165) is 61.4 Å². The molecule has 0 bridgehead atoms.